The minimum absolute atomic E-state index is 0.131. The molecule has 2 heterocycles. The fourth-order valence-electron chi connectivity index (χ4n) is 3.36. The number of thioether (sulfide) groups is 1. The Balaban J connectivity index is 1.50. The van der Waals surface area contributed by atoms with E-state index < -0.39 is 5.97 Å². The molecule has 0 aliphatic heterocycles. The number of rotatable bonds is 8. The van der Waals surface area contributed by atoms with Crippen LogP contribution in [0.5, 0.6) is 0 Å². The third kappa shape index (κ3) is 4.99. The third-order valence-electron chi connectivity index (χ3n) is 4.92. The van der Waals surface area contributed by atoms with E-state index in [2.05, 4.69) is 15.5 Å². The van der Waals surface area contributed by atoms with E-state index >= 15 is 0 Å². The molecule has 0 bridgehead atoms. The van der Waals surface area contributed by atoms with Crippen molar-refractivity contribution in [2.24, 2.45) is 0 Å². The summed E-state index contributed by atoms with van der Waals surface area (Å²) < 4.78 is 6.95. The molecule has 4 aromatic rings. The first-order valence-electron chi connectivity index (χ1n) is 10.3. The molecule has 0 aliphatic carbocycles. The predicted octanol–water partition coefficient (Wildman–Crippen LogP) is 5.21. The zero-order valence-corrected chi connectivity index (χ0v) is 19.8. The monoisotopic (exact) mass is 478 g/mol. The van der Waals surface area contributed by atoms with Gasteiger partial charge in [0.15, 0.2) is 11.0 Å². The summed E-state index contributed by atoms with van der Waals surface area (Å²) in [6.07, 6.45) is 0. The topological polar surface area (TPSA) is 86.1 Å². The Hall–Kier alpha value is -3.43. The first-order valence-corrected chi connectivity index (χ1v) is 12.1. The molecule has 168 valence electrons. The van der Waals surface area contributed by atoms with Gasteiger partial charge in [-0.2, -0.15) is 0 Å². The minimum Gasteiger partial charge on any atom is -0.465 e. The number of carbonyl (C=O) groups is 2. The number of esters is 1. The van der Waals surface area contributed by atoms with Crippen molar-refractivity contribution < 1.29 is 14.3 Å². The smallest absolute Gasteiger partial charge is 0.341 e. The summed E-state index contributed by atoms with van der Waals surface area (Å²) in [7, 11) is 1.33. The second kappa shape index (κ2) is 10.5. The van der Waals surface area contributed by atoms with Crippen LogP contribution < -0.4 is 5.32 Å². The molecular formula is C24H22N4O3S2. The van der Waals surface area contributed by atoms with E-state index in [0.29, 0.717) is 22.3 Å². The molecule has 2 aromatic carbocycles. The minimum atomic E-state index is -0.490. The van der Waals surface area contributed by atoms with Crippen LogP contribution in [0.15, 0.2) is 71.2 Å². The van der Waals surface area contributed by atoms with Crippen molar-refractivity contribution in [3.05, 3.63) is 71.6 Å². The second-order valence-corrected chi connectivity index (χ2v) is 8.79. The quantitative estimate of drug-likeness (QED) is 0.276. The van der Waals surface area contributed by atoms with Gasteiger partial charge in [0.2, 0.25) is 5.91 Å². The van der Waals surface area contributed by atoms with Crippen LogP contribution in [0.1, 0.15) is 17.3 Å². The lowest BCUT2D eigenvalue weighted by Crippen LogP contribution is -2.16. The molecule has 0 unspecified atom stereocenters. The van der Waals surface area contributed by atoms with Gasteiger partial charge in [0.1, 0.15) is 10.6 Å². The Labute approximate surface area is 199 Å². The van der Waals surface area contributed by atoms with Crippen LogP contribution in [-0.2, 0) is 16.1 Å². The van der Waals surface area contributed by atoms with Crippen molar-refractivity contribution in [1.82, 2.24) is 14.8 Å². The van der Waals surface area contributed by atoms with Gasteiger partial charge in [-0.1, -0.05) is 72.4 Å². The summed E-state index contributed by atoms with van der Waals surface area (Å²) in [5, 5.41) is 14.4. The molecule has 0 spiro atoms. The number of amides is 1. The zero-order valence-electron chi connectivity index (χ0n) is 18.1. The average molecular weight is 479 g/mol. The number of methoxy groups -OCH3 is 1. The lowest BCUT2D eigenvalue weighted by molar-refractivity contribution is -0.113. The normalized spacial score (nSPS) is 10.7. The van der Waals surface area contributed by atoms with Gasteiger partial charge in [0.25, 0.3) is 0 Å². The summed E-state index contributed by atoms with van der Waals surface area (Å²) in [5.74, 6) is 0.168. The molecule has 2 aromatic heterocycles. The predicted molar refractivity (Wildman–Crippen MR) is 132 cm³/mol. The number of ether oxygens (including phenoxy) is 1. The second-order valence-electron chi connectivity index (χ2n) is 6.96. The number of benzene rings is 2. The lowest BCUT2D eigenvalue weighted by atomic mass is 10.0. The maximum atomic E-state index is 12.7. The van der Waals surface area contributed by atoms with E-state index in [9.17, 15) is 9.59 Å². The Morgan fingerprint density at radius 2 is 1.70 bits per heavy atom. The van der Waals surface area contributed by atoms with Gasteiger partial charge < -0.3 is 14.6 Å². The van der Waals surface area contributed by atoms with E-state index in [4.69, 9.17) is 4.74 Å². The number of nitrogens with zero attached hydrogens (tertiary/aromatic N) is 3. The van der Waals surface area contributed by atoms with Crippen LogP contribution in [0.25, 0.3) is 22.5 Å². The summed E-state index contributed by atoms with van der Waals surface area (Å²) in [6.45, 7) is 2.69. The van der Waals surface area contributed by atoms with E-state index in [-0.39, 0.29) is 11.7 Å². The highest BCUT2D eigenvalue weighted by molar-refractivity contribution is 7.99. The number of carbonyl (C=O) groups excluding carboxylic acids is 2. The van der Waals surface area contributed by atoms with Crippen LogP contribution in [0.2, 0.25) is 0 Å². The van der Waals surface area contributed by atoms with E-state index in [1.807, 2.05) is 77.5 Å². The Morgan fingerprint density at radius 1 is 1.03 bits per heavy atom. The fraction of sp³-hybridized carbons (Fsp3) is 0.167. The van der Waals surface area contributed by atoms with Crippen molar-refractivity contribution in [2.75, 3.05) is 18.2 Å². The Morgan fingerprint density at radius 3 is 2.33 bits per heavy atom. The fourth-order valence-corrected chi connectivity index (χ4v) is 5.13. The number of nitrogens with one attached hydrogen (secondary N) is 1. The summed E-state index contributed by atoms with van der Waals surface area (Å²) >= 11 is 2.60. The number of hydrogen-bond acceptors (Lipinski definition) is 7. The van der Waals surface area contributed by atoms with Gasteiger partial charge in [-0.3, -0.25) is 4.79 Å². The van der Waals surface area contributed by atoms with Crippen molar-refractivity contribution >= 4 is 40.0 Å². The number of anilines is 1. The van der Waals surface area contributed by atoms with Crippen molar-refractivity contribution in [1.29, 1.82) is 0 Å². The first-order chi connectivity index (χ1) is 16.1. The van der Waals surface area contributed by atoms with Gasteiger partial charge >= 0.3 is 5.97 Å². The highest BCUT2D eigenvalue weighted by atomic mass is 32.2. The molecule has 33 heavy (non-hydrogen) atoms. The SMILES string of the molecule is CCn1c(SCC(=O)Nc2scc(-c3ccccc3)c2C(=O)OC)nnc1-c1ccccc1. The molecule has 0 fully saturated rings. The number of hydrogen-bond donors (Lipinski definition) is 1. The maximum absolute atomic E-state index is 12.7. The molecule has 9 heteroatoms. The van der Waals surface area contributed by atoms with Crippen LogP contribution in [0, 0.1) is 0 Å². The van der Waals surface area contributed by atoms with Gasteiger partial charge in [-0.05, 0) is 12.5 Å². The first kappa shape index (κ1) is 22.8. The molecule has 0 saturated carbocycles. The van der Waals surface area contributed by atoms with E-state index in [1.54, 1.807) is 0 Å². The molecule has 0 atom stereocenters. The summed E-state index contributed by atoms with van der Waals surface area (Å²) in [4.78, 5) is 25.2. The molecule has 0 radical (unpaired) electrons. The summed E-state index contributed by atoms with van der Waals surface area (Å²) in [6, 6.07) is 19.3. The van der Waals surface area contributed by atoms with Gasteiger partial charge in [-0.15, -0.1) is 21.5 Å². The van der Waals surface area contributed by atoms with Crippen molar-refractivity contribution in [3.63, 3.8) is 0 Å². The summed E-state index contributed by atoms with van der Waals surface area (Å²) in [5.41, 5.74) is 2.94. The standard InChI is InChI=1S/C24H22N4O3S2/c1-3-28-21(17-12-8-5-9-13-17)26-27-24(28)33-15-19(29)25-22-20(23(30)31-2)18(14-32-22)16-10-6-4-7-11-16/h4-14H,3,15H2,1-2H3,(H,25,29). The highest BCUT2D eigenvalue weighted by Gasteiger charge is 2.22. The van der Waals surface area contributed by atoms with Gasteiger partial charge in [-0.25, -0.2) is 4.79 Å². The van der Waals surface area contributed by atoms with E-state index in [0.717, 1.165) is 22.5 Å². The average Bonchev–Trinajstić information content (AvgIpc) is 3.47. The van der Waals surface area contributed by atoms with Gasteiger partial charge in [0.05, 0.1) is 12.9 Å². The van der Waals surface area contributed by atoms with E-state index in [1.165, 1.54) is 30.2 Å². The van der Waals surface area contributed by atoms with Crippen molar-refractivity contribution in [3.8, 4) is 22.5 Å². The third-order valence-corrected chi connectivity index (χ3v) is 6.78. The van der Waals surface area contributed by atoms with Crippen LogP contribution >= 0.6 is 23.1 Å². The number of aromatic nitrogens is 3. The highest BCUT2D eigenvalue weighted by Crippen LogP contribution is 2.36. The molecule has 0 saturated heterocycles. The van der Waals surface area contributed by atoms with Crippen LogP contribution in [0.3, 0.4) is 0 Å². The molecule has 7 nitrogen and oxygen atoms in total. The van der Waals surface area contributed by atoms with Crippen molar-refractivity contribution in [2.45, 2.75) is 18.6 Å². The lowest BCUT2D eigenvalue weighted by Gasteiger charge is -2.09. The van der Waals surface area contributed by atoms with Crippen LogP contribution in [-0.4, -0.2) is 39.5 Å². The van der Waals surface area contributed by atoms with Gasteiger partial charge in [0, 0.05) is 23.1 Å². The molecule has 0 aliphatic rings. The molecule has 1 N–H and O–H groups in total. The van der Waals surface area contributed by atoms with Crippen LogP contribution in [0.4, 0.5) is 5.00 Å². The Kier molecular flexibility index (Phi) is 7.21. The molecule has 4 rings (SSSR count). The maximum Gasteiger partial charge on any atom is 0.341 e. The molecular weight excluding hydrogens is 456 g/mol. The Bertz CT molecular complexity index is 1250. The largest absolute Gasteiger partial charge is 0.465 e. The zero-order chi connectivity index (χ0) is 23.2. The number of thiophene rings is 1. The molecule has 1 amide bonds.